The highest BCUT2D eigenvalue weighted by Gasteiger charge is 2.32. The van der Waals surface area contributed by atoms with Crippen LogP contribution in [-0.4, -0.2) is 36.4 Å². The molecule has 2 aromatic carbocycles. The number of methoxy groups -OCH3 is 1. The molecule has 1 aliphatic carbocycles. The van der Waals surface area contributed by atoms with E-state index in [1.807, 2.05) is 60.9 Å². The highest BCUT2D eigenvalue weighted by molar-refractivity contribution is 5.98. The van der Waals surface area contributed by atoms with E-state index in [-0.39, 0.29) is 17.6 Å². The molecule has 3 heterocycles. The van der Waals surface area contributed by atoms with Gasteiger partial charge in [0.15, 0.2) is 5.65 Å². The second-order valence-corrected chi connectivity index (χ2v) is 9.00. The van der Waals surface area contributed by atoms with Gasteiger partial charge in [-0.25, -0.2) is 19.6 Å². The van der Waals surface area contributed by atoms with Gasteiger partial charge in [0, 0.05) is 11.6 Å². The lowest BCUT2D eigenvalue weighted by molar-refractivity contribution is 0.412. The fraction of sp³-hybridized carbons (Fsp3) is 0.269. The monoisotopic (exact) mass is 467 g/mol. The summed E-state index contributed by atoms with van der Waals surface area (Å²) < 4.78 is 9.06. The molecule has 1 atom stereocenters. The number of fused-ring (bicyclic) bond motifs is 2. The minimum Gasteiger partial charge on any atom is -0.496 e. The van der Waals surface area contributed by atoms with Gasteiger partial charge in [-0.15, -0.1) is 0 Å². The van der Waals surface area contributed by atoms with Gasteiger partial charge in [0.05, 0.1) is 23.4 Å². The lowest BCUT2D eigenvalue weighted by atomic mass is 10.1. The van der Waals surface area contributed by atoms with E-state index in [1.165, 1.54) is 6.33 Å². The molecule has 1 fully saturated rings. The van der Waals surface area contributed by atoms with Crippen LogP contribution in [0.4, 0.5) is 5.82 Å². The lowest BCUT2D eigenvalue weighted by Crippen LogP contribution is -2.28. The van der Waals surface area contributed by atoms with E-state index in [0.29, 0.717) is 39.3 Å². The van der Waals surface area contributed by atoms with Gasteiger partial charge in [0.25, 0.3) is 5.56 Å². The molecule has 35 heavy (non-hydrogen) atoms. The number of para-hydroxylation sites is 1. The van der Waals surface area contributed by atoms with Crippen molar-refractivity contribution in [2.24, 2.45) is 0 Å². The maximum atomic E-state index is 13.4. The number of aryl methyl sites for hydroxylation is 1. The van der Waals surface area contributed by atoms with E-state index in [0.717, 1.165) is 29.7 Å². The minimum atomic E-state index is -0.363. The Morgan fingerprint density at radius 2 is 1.94 bits per heavy atom. The number of rotatable bonds is 5. The number of benzene rings is 2. The van der Waals surface area contributed by atoms with Gasteiger partial charge in [0.2, 0.25) is 0 Å². The summed E-state index contributed by atoms with van der Waals surface area (Å²) in [6.45, 7) is 3.97. The normalized spacial score (nSPS) is 14.5. The summed E-state index contributed by atoms with van der Waals surface area (Å²) in [7, 11) is 1.65. The fourth-order valence-corrected chi connectivity index (χ4v) is 4.75. The zero-order valence-electron chi connectivity index (χ0n) is 19.8. The highest BCUT2D eigenvalue weighted by Crippen LogP contribution is 2.38. The summed E-state index contributed by atoms with van der Waals surface area (Å²) >= 11 is 0. The number of ether oxygens (including phenoxy) is 1. The summed E-state index contributed by atoms with van der Waals surface area (Å²) in [4.78, 5) is 27.1. The van der Waals surface area contributed by atoms with Gasteiger partial charge >= 0.3 is 0 Å². The second-order valence-electron chi connectivity index (χ2n) is 9.00. The molecular weight excluding hydrogens is 442 g/mol. The molecule has 3 aromatic heterocycles. The van der Waals surface area contributed by atoms with Crippen LogP contribution in [0.2, 0.25) is 0 Å². The average Bonchev–Trinajstić information content (AvgIpc) is 3.62. The predicted octanol–water partition coefficient (Wildman–Crippen LogP) is 4.05. The first kappa shape index (κ1) is 21.3. The van der Waals surface area contributed by atoms with Crippen LogP contribution in [0.3, 0.4) is 0 Å². The van der Waals surface area contributed by atoms with E-state index < -0.39 is 0 Å². The van der Waals surface area contributed by atoms with Crippen molar-refractivity contribution in [2.45, 2.75) is 38.8 Å². The SMILES string of the molecule is COc1ccc(-c2nn(C(C)c3nc4ccccc4c(=O)n3C3CC3)c3ncnc(N)c23)cc1C. The van der Waals surface area contributed by atoms with Crippen LogP contribution in [0.5, 0.6) is 5.75 Å². The van der Waals surface area contributed by atoms with Crippen LogP contribution in [-0.2, 0) is 0 Å². The Morgan fingerprint density at radius 3 is 2.69 bits per heavy atom. The molecule has 0 radical (unpaired) electrons. The molecule has 176 valence electrons. The van der Waals surface area contributed by atoms with Crippen LogP contribution in [0, 0.1) is 6.92 Å². The molecule has 9 nitrogen and oxygen atoms in total. The Bertz CT molecular complexity index is 1670. The first-order chi connectivity index (χ1) is 17.0. The fourth-order valence-electron chi connectivity index (χ4n) is 4.75. The lowest BCUT2D eigenvalue weighted by Gasteiger charge is -2.19. The van der Waals surface area contributed by atoms with E-state index in [2.05, 4.69) is 9.97 Å². The predicted molar refractivity (Wildman–Crippen MR) is 135 cm³/mol. The van der Waals surface area contributed by atoms with Crippen molar-refractivity contribution in [2.75, 3.05) is 12.8 Å². The number of nitrogens with two attached hydrogens (primary N) is 1. The molecule has 0 amide bonds. The zero-order valence-corrected chi connectivity index (χ0v) is 19.8. The Labute approximate surface area is 201 Å². The quantitative estimate of drug-likeness (QED) is 0.415. The van der Waals surface area contributed by atoms with Crippen LogP contribution in [0.25, 0.3) is 33.2 Å². The third-order valence-corrected chi connectivity index (χ3v) is 6.67. The van der Waals surface area contributed by atoms with Crippen molar-refractivity contribution < 1.29 is 4.74 Å². The summed E-state index contributed by atoms with van der Waals surface area (Å²) in [5, 5.41) is 6.26. The van der Waals surface area contributed by atoms with Gasteiger partial charge in [-0.3, -0.25) is 9.36 Å². The van der Waals surface area contributed by atoms with E-state index in [1.54, 1.807) is 11.8 Å². The topological polar surface area (TPSA) is 114 Å². The smallest absolute Gasteiger partial charge is 0.261 e. The number of aromatic nitrogens is 6. The van der Waals surface area contributed by atoms with Crippen molar-refractivity contribution in [1.82, 2.24) is 29.3 Å². The molecule has 0 saturated heterocycles. The zero-order chi connectivity index (χ0) is 24.3. The molecule has 6 rings (SSSR count). The van der Waals surface area contributed by atoms with Crippen molar-refractivity contribution in [3.63, 3.8) is 0 Å². The van der Waals surface area contributed by atoms with Gasteiger partial charge in [-0.05, 0) is 62.6 Å². The first-order valence-electron chi connectivity index (χ1n) is 11.6. The molecule has 0 bridgehead atoms. The largest absolute Gasteiger partial charge is 0.496 e. The van der Waals surface area contributed by atoms with Crippen LogP contribution in [0.1, 0.15) is 43.2 Å². The number of hydrogen-bond donors (Lipinski definition) is 1. The molecule has 9 heteroatoms. The number of hydrogen-bond acceptors (Lipinski definition) is 7. The highest BCUT2D eigenvalue weighted by atomic mass is 16.5. The van der Waals surface area contributed by atoms with Crippen LogP contribution in [0.15, 0.2) is 53.6 Å². The molecule has 1 aliphatic rings. The third-order valence-electron chi connectivity index (χ3n) is 6.67. The first-order valence-corrected chi connectivity index (χ1v) is 11.6. The van der Waals surface area contributed by atoms with Crippen molar-refractivity contribution in [1.29, 1.82) is 0 Å². The van der Waals surface area contributed by atoms with Crippen molar-refractivity contribution in [3.05, 3.63) is 70.5 Å². The summed E-state index contributed by atoms with van der Waals surface area (Å²) in [6, 6.07) is 13.1. The van der Waals surface area contributed by atoms with Gasteiger partial charge < -0.3 is 10.5 Å². The molecule has 0 spiro atoms. The van der Waals surface area contributed by atoms with Crippen LogP contribution >= 0.6 is 0 Å². The Balaban J connectivity index is 1.59. The Hall–Kier alpha value is -4.27. The molecule has 1 saturated carbocycles. The van der Waals surface area contributed by atoms with E-state index in [4.69, 9.17) is 20.6 Å². The van der Waals surface area contributed by atoms with Crippen LogP contribution < -0.4 is 16.0 Å². The standard InChI is InChI=1S/C26H25N7O2/c1-14-12-16(8-11-20(14)35-3)22-21-23(27)28-13-29-25(21)33(31-22)15(2)24-30-19-7-5-4-6-18(19)26(34)32(24)17-9-10-17/h4-8,11-13,15,17H,9-10H2,1-3H3,(H2,27,28,29). The second kappa shape index (κ2) is 7.90. The summed E-state index contributed by atoms with van der Waals surface area (Å²) in [5.41, 5.74) is 10.1. The van der Waals surface area contributed by atoms with Gasteiger partial charge in [-0.1, -0.05) is 12.1 Å². The number of anilines is 1. The van der Waals surface area contributed by atoms with Gasteiger partial charge in [0.1, 0.15) is 35.5 Å². The van der Waals surface area contributed by atoms with Gasteiger partial charge in [-0.2, -0.15) is 5.10 Å². The molecule has 1 unspecified atom stereocenters. The van der Waals surface area contributed by atoms with Crippen molar-refractivity contribution >= 4 is 27.8 Å². The summed E-state index contributed by atoms with van der Waals surface area (Å²) in [6.07, 6.45) is 3.36. The molecular formula is C26H25N7O2. The number of nitrogens with zero attached hydrogens (tertiary/aromatic N) is 6. The van der Waals surface area contributed by atoms with Crippen molar-refractivity contribution in [3.8, 4) is 17.0 Å². The molecule has 2 N–H and O–H groups in total. The maximum Gasteiger partial charge on any atom is 0.261 e. The third kappa shape index (κ3) is 3.34. The van der Waals surface area contributed by atoms with E-state index in [9.17, 15) is 4.79 Å². The molecule has 0 aliphatic heterocycles. The van der Waals surface area contributed by atoms with E-state index >= 15 is 0 Å². The summed E-state index contributed by atoms with van der Waals surface area (Å²) in [5.74, 6) is 1.81. The minimum absolute atomic E-state index is 0.0171. The Morgan fingerprint density at radius 1 is 1.14 bits per heavy atom. The Kier molecular flexibility index (Phi) is 4.80. The average molecular weight is 468 g/mol. The molecule has 5 aromatic rings. The maximum absolute atomic E-state index is 13.4. The number of nitrogen functional groups attached to an aromatic ring is 1.